The molecular formula is C20H21F6N3O2. The second kappa shape index (κ2) is 9.88. The lowest BCUT2D eigenvalue weighted by Crippen LogP contribution is -2.26. The summed E-state index contributed by atoms with van der Waals surface area (Å²) >= 11 is 0. The van der Waals surface area contributed by atoms with Gasteiger partial charge in [-0.3, -0.25) is 4.79 Å². The first-order valence-corrected chi connectivity index (χ1v) is 9.40. The van der Waals surface area contributed by atoms with Crippen LogP contribution in [0.1, 0.15) is 47.9 Å². The van der Waals surface area contributed by atoms with Gasteiger partial charge >= 0.3 is 12.4 Å². The van der Waals surface area contributed by atoms with E-state index in [1.807, 2.05) is 0 Å². The Hall–Kier alpha value is -2.98. The Morgan fingerprint density at radius 3 is 2.19 bits per heavy atom. The second-order valence-electron chi connectivity index (χ2n) is 6.82. The number of rotatable bonds is 8. The third-order valence-corrected chi connectivity index (χ3v) is 4.39. The predicted octanol–water partition coefficient (Wildman–Crippen LogP) is 5.23. The van der Waals surface area contributed by atoms with Crippen LogP contribution in [0.3, 0.4) is 0 Å². The number of halogens is 6. The molecule has 170 valence electrons. The molecule has 0 saturated carbocycles. The lowest BCUT2D eigenvalue weighted by molar-refractivity contribution is -0.150. The molecule has 0 saturated heterocycles. The summed E-state index contributed by atoms with van der Waals surface area (Å²) in [5.74, 6) is -0.465. The lowest BCUT2D eigenvalue weighted by atomic mass is 10.1. The molecule has 0 aliphatic carbocycles. The molecule has 0 spiro atoms. The van der Waals surface area contributed by atoms with Crippen LogP contribution in [0.25, 0.3) is 0 Å². The van der Waals surface area contributed by atoms with Crippen molar-refractivity contribution in [1.29, 1.82) is 0 Å². The van der Waals surface area contributed by atoms with Crippen LogP contribution in [0.15, 0.2) is 36.4 Å². The van der Waals surface area contributed by atoms with Crippen LogP contribution in [0.5, 0.6) is 5.75 Å². The predicted molar refractivity (Wildman–Crippen MR) is 102 cm³/mol. The van der Waals surface area contributed by atoms with E-state index in [4.69, 9.17) is 0 Å². The van der Waals surface area contributed by atoms with E-state index < -0.39 is 35.7 Å². The van der Waals surface area contributed by atoms with Gasteiger partial charge in [0, 0.05) is 23.8 Å². The number of hydrogen-bond donors (Lipinski definition) is 3. The number of phenolic OH excluding ortho intramolecular Hbond substituents is 1. The monoisotopic (exact) mass is 449 g/mol. The van der Waals surface area contributed by atoms with Crippen LogP contribution in [0.4, 0.5) is 32.0 Å². The number of alkyl halides is 6. The van der Waals surface area contributed by atoms with E-state index >= 15 is 0 Å². The fourth-order valence-electron chi connectivity index (χ4n) is 2.82. The van der Waals surface area contributed by atoms with E-state index in [2.05, 4.69) is 15.6 Å². The highest BCUT2D eigenvalue weighted by Gasteiger charge is 2.39. The number of benzene rings is 1. The quantitative estimate of drug-likeness (QED) is 0.381. The van der Waals surface area contributed by atoms with Gasteiger partial charge in [0.2, 0.25) is 0 Å². The number of pyridine rings is 1. The first kappa shape index (κ1) is 24.3. The second-order valence-corrected chi connectivity index (χ2v) is 6.82. The van der Waals surface area contributed by atoms with Gasteiger partial charge in [-0.15, -0.1) is 0 Å². The summed E-state index contributed by atoms with van der Waals surface area (Å²) in [6.07, 6.45) is -8.78. The molecule has 1 amide bonds. The highest BCUT2D eigenvalue weighted by atomic mass is 19.4. The van der Waals surface area contributed by atoms with Crippen molar-refractivity contribution < 1.29 is 36.2 Å². The zero-order valence-electron chi connectivity index (χ0n) is 16.4. The molecule has 2 aromatic rings. The molecule has 2 rings (SSSR count). The fourth-order valence-corrected chi connectivity index (χ4v) is 2.82. The van der Waals surface area contributed by atoms with Crippen molar-refractivity contribution in [2.45, 2.75) is 44.6 Å². The topological polar surface area (TPSA) is 74.2 Å². The van der Waals surface area contributed by atoms with Crippen LogP contribution in [-0.2, 0) is 12.4 Å². The number of carbonyl (C=O) groups is 1. The molecule has 1 atom stereocenters. The third-order valence-electron chi connectivity index (χ3n) is 4.39. The van der Waals surface area contributed by atoms with E-state index in [0.29, 0.717) is 31.4 Å². The van der Waals surface area contributed by atoms with Crippen molar-refractivity contribution in [3.05, 3.63) is 53.3 Å². The summed E-state index contributed by atoms with van der Waals surface area (Å²) in [5.41, 5.74) is -3.32. The average molecular weight is 449 g/mol. The van der Waals surface area contributed by atoms with E-state index in [-0.39, 0.29) is 23.5 Å². The smallest absolute Gasteiger partial charge is 0.433 e. The molecular weight excluding hydrogens is 428 g/mol. The molecule has 0 unspecified atom stereocenters. The normalized spacial score (nSPS) is 13.0. The van der Waals surface area contributed by atoms with Gasteiger partial charge in [0.1, 0.15) is 17.1 Å². The van der Waals surface area contributed by atoms with Crippen LogP contribution in [0, 0.1) is 0 Å². The van der Waals surface area contributed by atoms with Crippen molar-refractivity contribution >= 4 is 11.6 Å². The summed E-state index contributed by atoms with van der Waals surface area (Å²) in [5, 5.41) is 14.7. The molecule has 11 heteroatoms. The zero-order valence-corrected chi connectivity index (χ0v) is 16.4. The van der Waals surface area contributed by atoms with E-state index in [0.717, 1.165) is 0 Å². The van der Waals surface area contributed by atoms with Gasteiger partial charge in [0.25, 0.3) is 5.91 Å². The minimum Gasteiger partial charge on any atom is -0.508 e. The van der Waals surface area contributed by atoms with Crippen molar-refractivity contribution in [2.24, 2.45) is 0 Å². The zero-order chi connectivity index (χ0) is 23.2. The number of anilines is 1. The van der Waals surface area contributed by atoms with Gasteiger partial charge in [-0.25, -0.2) is 4.98 Å². The van der Waals surface area contributed by atoms with Gasteiger partial charge in [-0.05, 0) is 49.6 Å². The maximum atomic E-state index is 12.9. The number of amides is 1. The molecule has 0 aliphatic rings. The Morgan fingerprint density at radius 1 is 1.06 bits per heavy atom. The minimum atomic E-state index is -5.02. The summed E-state index contributed by atoms with van der Waals surface area (Å²) < 4.78 is 77.6. The van der Waals surface area contributed by atoms with Gasteiger partial charge in [0.15, 0.2) is 0 Å². The van der Waals surface area contributed by atoms with Crippen molar-refractivity contribution in [3.63, 3.8) is 0 Å². The lowest BCUT2D eigenvalue weighted by Gasteiger charge is -2.20. The number of phenols is 1. The largest absolute Gasteiger partial charge is 0.508 e. The molecule has 1 heterocycles. The van der Waals surface area contributed by atoms with Crippen LogP contribution in [-0.4, -0.2) is 28.6 Å². The molecule has 5 nitrogen and oxygen atoms in total. The molecule has 0 aliphatic heterocycles. The number of hydrogen-bond acceptors (Lipinski definition) is 4. The Morgan fingerprint density at radius 2 is 1.68 bits per heavy atom. The van der Waals surface area contributed by atoms with E-state index in [9.17, 15) is 36.2 Å². The molecule has 0 radical (unpaired) electrons. The van der Waals surface area contributed by atoms with Gasteiger partial charge in [-0.2, -0.15) is 26.3 Å². The summed E-state index contributed by atoms with van der Waals surface area (Å²) in [4.78, 5) is 14.7. The van der Waals surface area contributed by atoms with Crippen LogP contribution >= 0.6 is 0 Å². The van der Waals surface area contributed by atoms with E-state index in [1.165, 1.54) is 24.3 Å². The molecule has 0 fully saturated rings. The number of nitrogens with one attached hydrogen (secondary N) is 2. The summed E-state index contributed by atoms with van der Waals surface area (Å²) in [7, 11) is 0. The van der Waals surface area contributed by atoms with Gasteiger partial charge in [0.05, 0.1) is 0 Å². The number of aromatic nitrogens is 1. The maximum Gasteiger partial charge on any atom is 0.433 e. The SMILES string of the molecule is CC[C@@H](CCCNC(=O)c1cccc(O)c1)Nc1cc(C(F)(F)F)nc(C(F)(F)F)c1. The van der Waals surface area contributed by atoms with E-state index in [1.54, 1.807) is 6.92 Å². The molecule has 31 heavy (non-hydrogen) atoms. The third kappa shape index (κ3) is 7.34. The minimum absolute atomic E-state index is 0.0586. The molecule has 3 N–H and O–H groups in total. The number of carbonyl (C=O) groups excluding carboxylic acids is 1. The Bertz CT molecular complexity index is 867. The van der Waals surface area contributed by atoms with Crippen LogP contribution < -0.4 is 10.6 Å². The van der Waals surface area contributed by atoms with Crippen molar-refractivity contribution in [3.8, 4) is 5.75 Å². The average Bonchev–Trinajstić information content (AvgIpc) is 2.68. The molecule has 1 aromatic heterocycles. The Kier molecular flexibility index (Phi) is 7.75. The van der Waals surface area contributed by atoms with Gasteiger partial charge < -0.3 is 15.7 Å². The standard InChI is InChI=1S/C20H21F6N3O2/c1-2-13(6-4-8-27-18(31)12-5-3-7-15(30)9-12)28-14-10-16(19(21,22)23)29-17(11-14)20(24,25)26/h3,5,7,9-11,13,30H,2,4,6,8H2,1H3,(H,27,31)(H,28,29)/t13-/m0/s1. The Balaban J connectivity index is 1.98. The summed E-state index contributed by atoms with van der Waals surface area (Å²) in [6.45, 7) is 1.98. The number of aromatic hydroxyl groups is 1. The van der Waals surface area contributed by atoms with Crippen molar-refractivity contribution in [1.82, 2.24) is 10.3 Å². The Labute approximate surface area is 174 Å². The maximum absolute atomic E-state index is 12.9. The molecule has 1 aromatic carbocycles. The first-order valence-electron chi connectivity index (χ1n) is 9.40. The molecule has 0 bridgehead atoms. The highest BCUT2D eigenvalue weighted by Crippen LogP contribution is 2.35. The van der Waals surface area contributed by atoms with Gasteiger partial charge in [-0.1, -0.05) is 13.0 Å². The fraction of sp³-hybridized carbons (Fsp3) is 0.400. The highest BCUT2D eigenvalue weighted by molar-refractivity contribution is 5.94. The first-order chi connectivity index (χ1) is 14.4. The van der Waals surface area contributed by atoms with Crippen molar-refractivity contribution in [2.75, 3.05) is 11.9 Å². The summed E-state index contributed by atoms with van der Waals surface area (Å²) in [6, 6.07) is 6.42. The van der Waals surface area contributed by atoms with Crippen LogP contribution in [0.2, 0.25) is 0 Å². The number of nitrogens with zero attached hydrogens (tertiary/aromatic N) is 1.